The van der Waals surface area contributed by atoms with Crippen molar-refractivity contribution in [1.82, 2.24) is 0 Å². The smallest absolute Gasteiger partial charge is 0.318 e. The average Bonchev–Trinajstić information content (AvgIpc) is 2.17. The zero-order chi connectivity index (χ0) is 12.0. The van der Waals surface area contributed by atoms with Gasteiger partial charge in [-0.1, -0.05) is 12.3 Å². The molecule has 1 aliphatic rings. The summed E-state index contributed by atoms with van der Waals surface area (Å²) in [7, 11) is 0. The fourth-order valence-electron chi connectivity index (χ4n) is 1.98. The molecule has 0 amide bonds. The standard InChI is InChI=1S/C12H16O4/c1-2-6-12(7-4-3-5-8-12)16-11(15)9-10(13)14/h3-5,7-9H2,1H3,(H,13,14). The molecule has 1 rings (SSSR count). The van der Waals surface area contributed by atoms with Crippen LogP contribution in [0.15, 0.2) is 0 Å². The summed E-state index contributed by atoms with van der Waals surface area (Å²) < 4.78 is 5.24. The van der Waals surface area contributed by atoms with Gasteiger partial charge >= 0.3 is 11.9 Å². The molecule has 88 valence electrons. The highest BCUT2D eigenvalue weighted by Crippen LogP contribution is 2.31. The van der Waals surface area contributed by atoms with Crippen LogP contribution in [0.1, 0.15) is 45.4 Å². The maximum Gasteiger partial charge on any atom is 0.318 e. The molecule has 0 spiro atoms. The van der Waals surface area contributed by atoms with Gasteiger partial charge in [0.25, 0.3) is 0 Å². The third kappa shape index (κ3) is 3.58. The second kappa shape index (κ2) is 5.55. The molecule has 4 nitrogen and oxygen atoms in total. The molecule has 0 atom stereocenters. The van der Waals surface area contributed by atoms with Crippen LogP contribution in [0.25, 0.3) is 0 Å². The lowest BCUT2D eigenvalue weighted by atomic mass is 9.85. The maximum absolute atomic E-state index is 11.3. The lowest BCUT2D eigenvalue weighted by Gasteiger charge is -2.31. The van der Waals surface area contributed by atoms with E-state index >= 15 is 0 Å². The van der Waals surface area contributed by atoms with Crippen LogP contribution < -0.4 is 0 Å². The summed E-state index contributed by atoms with van der Waals surface area (Å²) in [5, 5.41) is 8.49. The van der Waals surface area contributed by atoms with Gasteiger partial charge in [0.2, 0.25) is 0 Å². The van der Waals surface area contributed by atoms with Crippen LogP contribution in [0.4, 0.5) is 0 Å². The number of hydrogen-bond donors (Lipinski definition) is 1. The van der Waals surface area contributed by atoms with Gasteiger partial charge in [-0.25, -0.2) is 0 Å². The molecule has 1 fully saturated rings. The van der Waals surface area contributed by atoms with E-state index in [9.17, 15) is 9.59 Å². The fraction of sp³-hybridized carbons (Fsp3) is 0.667. The Morgan fingerprint density at radius 3 is 2.44 bits per heavy atom. The zero-order valence-electron chi connectivity index (χ0n) is 9.41. The van der Waals surface area contributed by atoms with Gasteiger partial charge in [0.05, 0.1) is 0 Å². The minimum Gasteiger partial charge on any atom is -0.481 e. The largest absolute Gasteiger partial charge is 0.481 e. The Hall–Kier alpha value is -1.50. The van der Waals surface area contributed by atoms with Crippen LogP contribution in [-0.2, 0) is 14.3 Å². The number of carboxylic acids is 1. The number of carbonyl (C=O) groups excluding carboxylic acids is 1. The molecule has 1 N–H and O–H groups in total. The SMILES string of the molecule is CC#CC1(OC(=O)CC(=O)O)CCCCC1. The Bertz CT molecular complexity index is 329. The summed E-state index contributed by atoms with van der Waals surface area (Å²) in [4.78, 5) is 21.7. The number of esters is 1. The molecule has 4 heteroatoms. The molecule has 0 unspecified atom stereocenters. The van der Waals surface area contributed by atoms with Gasteiger partial charge in [-0.2, -0.15) is 0 Å². The quantitative estimate of drug-likeness (QED) is 0.450. The Kier molecular flexibility index (Phi) is 4.36. The second-order valence-corrected chi connectivity index (χ2v) is 3.97. The molecule has 0 aromatic rings. The minimum atomic E-state index is -1.17. The van der Waals surface area contributed by atoms with Crippen LogP contribution in [0.2, 0.25) is 0 Å². The number of carboxylic acid groups (broad SMARTS) is 1. The molecule has 16 heavy (non-hydrogen) atoms. The van der Waals surface area contributed by atoms with E-state index in [4.69, 9.17) is 9.84 Å². The fourth-order valence-corrected chi connectivity index (χ4v) is 1.98. The first-order valence-corrected chi connectivity index (χ1v) is 5.45. The van der Waals surface area contributed by atoms with Crippen molar-refractivity contribution in [3.63, 3.8) is 0 Å². The zero-order valence-corrected chi connectivity index (χ0v) is 9.41. The van der Waals surface area contributed by atoms with Gasteiger partial charge in [-0.15, -0.1) is 5.92 Å². The number of rotatable bonds is 3. The maximum atomic E-state index is 11.3. The van der Waals surface area contributed by atoms with Gasteiger partial charge in [0.15, 0.2) is 5.60 Å². The molecule has 0 aromatic carbocycles. The van der Waals surface area contributed by atoms with E-state index < -0.39 is 24.0 Å². The molecular weight excluding hydrogens is 208 g/mol. The van der Waals surface area contributed by atoms with Crippen LogP contribution in [0.3, 0.4) is 0 Å². The van der Waals surface area contributed by atoms with Crippen molar-refractivity contribution in [3.8, 4) is 11.8 Å². The first-order chi connectivity index (χ1) is 7.58. The first kappa shape index (κ1) is 12.6. The number of hydrogen-bond acceptors (Lipinski definition) is 3. The Morgan fingerprint density at radius 2 is 1.94 bits per heavy atom. The lowest BCUT2D eigenvalue weighted by Crippen LogP contribution is -2.36. The summed E-state index contributed by atoms with van der Waals surface area (Å²) in [6.45, 7) is 1.70. The topological polar surface area (TPSA) is 63.6 Å². The van der Waals surface area contributed by atoms with Crippen molar-refractivity contribution in [2.45, 2.75) is 51.0 Å². The molecule has 1 saturated carbocycles. The first-order valence-electron chi connectivity index (χ1n) is 5.45. The third-order valence-electron chi connectivity index (χ3n) is 2.62. The van der Waals surface area contributed by atoms with Crippen molar-refractivity contribution >= 4 is 11.9 Å². The molecule has 0 bridgehead atoms. The summed E-state index contributed by atoms with van der Waals surface area (Å²) in [5.74, 6) is 3.82. The van der Waals surface area contributed by atoms with Crippen LogP contribution >= 0.6 is 0 Å². The predicted molar refractivity (Wildman–Crippen MR) is 57.6 cm³/mol. The highest BCUT2D eigenvalue weighted by Gasteiger charge is 2.34. The normalized spacial score (nSPS) is 18.1. The van der Waals surface area contributed by atoms with Crippen molar-refractivity contribution in [1.29, 1.82) is 0 Å². The van der Waals surface area contributed by atoms with Gasteiger partial charge in [-0.05, 0) is 32.6 Å². The number of ether oxygens (including phenoxy) is 1. The molecule has 0 saturated heterocycles. The van der Waals surface area contributed by atoms with E-state index in [2.05, 4.69) is 11.8 Å². The Balaban J connectivity index is 2.66. The summed E-state index contributed by atoms with van der Waals surface area (Å²) in [6.07, 6.45) is 3.87. The highest BCUT2D eigenvalue weighted by atomic mass is 16.6. The molecule has 0 heterocycles. The van der Waals surface area contributed by atoms with Gasteiger partial charge < -0.3 is 9.84 Å². The van der Waals surface area contributed by atoms with E-state index in [1.807, 2.05) is 0 Å². The van der Waals surface area contributed by atoms with Crippen LogP contribution in [0.5, 0.6) is 0 Å². The molecular formula is C12H16O4. The average molecular weight is 224 g/mol. The molecule has 1 aliphatic carbocycles. The van der Waals surface area contributed by atoms with Crippen molar-refractivity contribution in [2.75, 3.05) is 0 Å². The Labute approximate surface area is 95.0 Å². The number of carbonyl (C=O) groups is 2. The molecule has 0 radical (unpaired) electrons. The van der Waals surface area contributed by atoms with Crippen molar-refractivity contribution in [3.05, 3.63) is 0 Å². The van der Waals surface area contributed by atoms with Crippen LogP contribution in [0, 0.1) is 11.8 Å². The third-order valence-corrected chi connectivity index (χ3v) is 2.62. The van der Waals surface area contributed by atoms with Gasteiger partial charge in [0.1, 0.15) is 6.42 Å². The van der Waals surface area contributed by atoms with E-state index in [-0.39, 0.29) is 0 Å². The van der Waals surface area contributed by atoms with Crippen molar-refractivity contribution < 1.29 is 19.4 Å². The predicted octanol–water partition coefficient (Wildman–Crippen LogP) is 1.73. The highest BCUT2D eigenvalue weighted by molar-refractivity contribution is 5.90. The molecule has 0 aliphatic heterocycles. The summed E-state index contributed by atoms with van der Waals surface area (Å²) in [6, 6.07) is 0. The van der Waals surface area contributed by atoms with Gasteiger partial charge in [-0.3, -0.25) is 9.59 Å². The summed E-state index contributed by atoms with van der Waals surface area (Å²) in [5.41, 5.74) is -0.737. The lowest BCUT2D eigenvalue weighted by molar-refractivity contribution is -0.161. The van der Waals surface area contributed by atoms with Gasteiger partial charge in [0, 0.05) is 0 Å². The van der Waals surface area contributed by atoms with Crippen molar-refractivity contribution in [2.24, 2.45) is 0 Å². The summed E-state index contributed by atoms with van der Waals surface area (Å²) >= 11 is 0. The van der Waals surface area contributed by atoms with E-state index in [1.54, 1.807) is 6.92 Å². The molecule has 0 aromatic heterocycles. The van der Waals surface area contributed by atoms with E-state index in [0.29, 0.717) is 12.8 Å². The Morgan fingerprint density at radius 1 is 1.31 bits per heavy atom. The monoisotopic (exact) mass is 224 g/mol. The second-order valence-electron chi connectivity index (χ2n) is 3.97. The minimum absolute atomic E-state index is 0.590. The van der Waals surface area contributed by atoms with E-state index in [0.717, 1.165) is 19.3 Å². The van der Waals surface area contributed by atoms with Crippen LogP contribution in [-0.4, -0.2) is 22.6 Å². The van der Waals surface area contributed by atoms with E-state index in [1.165, 1.54) is 0 Å². The number of aliphatic carboxylic acids is 1.